The molecule has 1 heterocycles. The van der Waals surface area contributed by atoms with Gasteiger partial charge in [-0.3, -0.25) is 4.79 Å². The van der Waals surface area contributed by atoms with E-state index in [4.69, 9.17) is 0 Å². The summed E-state index contributed by atoms with van der Waals surface area (Å²) in [6.07, 6.45) is 0.695. The highest BCUT2D eigenvalue weighted by molar-refractivity contribution is 7.99. The third-order valence-electron chi connectivity index (χ3n) is 4.79. The van der Waals surface area contributed by atoms with Crippen LogP contribution in [-0.2, 0) is 18.3 Å². The predicted octanol–water partition coefficient (Wildman–Crippen LogP) is 4.60. The molecule has 29 heavy (non-hydrogen) atoms. The Bertz CT molecular complexity index is 1160. The summed E-state index contributed by atoms with van der Waals surface area (Å²) in [4.78, 5) is 12.3. The average Bonchev–Trinajstić information content (AvgIpc) is 3.06. The zero-order valence-corrected chi connectivity index (χ0v) is 17.2. The van der Waals surface area contributed by atoms with E-state index >= 15 is 0 Å². The van der Waals surface area contributed by atoms with Crippen molar-refractivity contribution in [3.05, 3.63) is 83.7 Å². The summed E-state index contributed by atoms with van der Waals surface area (Å²) in [5, 5.41) is 14.7. The molecule has 0 aliphatic heterocycles. The molecule has 0 fully saturated rings. The van der Waals surface area contributed by atoms with E-state index in [1.165, 1.54) is 28.1 Å². The monoisotopic (exact) mass is 402 g/mol. The van der Waals surface area contributed by atoms with Gasteiger partial charge in [-0.15, -0.1) is 10.2 Å². The van der Waals surface area contributed by atoms with Crippen molar-refractivity contribution in [1.29, 1.82) is 0 Å². The Labute approximate surface area is 174 Å². The number of nitrogens with zero attached hydrogens (tertiary/aromatic N) is 3. The Hall–Kier alpha value is -3.12. The molecule has 0 saturated heterocycles. The molecule has 1 N–H and O–H groups in total. The van der Waals surface area contributed by atoms with Gasteiger partial charge in [-0.1, -0.05) is 66.4 Å². The first-order valence-corrected chi connectivity index (χ1v) is 10.4. The number of nitrogens with one attached hydrogen (secondary N) is 1. The molecule has 146 valence electrons. The molecule has 4 aromatic rings. The Kier molecular flexibility index (Phi) is 5.62. The van der Waals surface area contributed by atoms with Gasteiger partial charge in [0.25, 0.3) is 0 Å². The maximum atomic E-state index is 12.3. The molecule has 0 aliphatic rings. The molecule has 0 atom stereocenters. The Morgan fingerprint density at radius 2 is 1.83 bits per heavy atom. The van der Waals surface area contributed by atoms with Crippen LogP contribution in [0.2, 0.25) is 0 Å². The van der Waals surface area contributed by atoms with Crippen LogP contribution in [0.15, 0.2) is 71.9 Å². The fraction of sp³-hybridized carbons (Fsp3) is 0.174. The number of fused-ring (bicyclic) bond motifs is 1. The molecule has 4 rings (SSSR count). The molecule has 6 heteroatoms. The molecule has 0 bridgehead atoms. The van der Waals surface area contributed by atoms with E-state index in [9.17, 15) is 4.79 Å². The van der Waals surface area contributed by atoms with Crippen LogP contribution in [0.25, 0.3) is 10.8 Å². The Balaban J connectivity index is 1.42. The van der Waals surface area contributed by atoms with Gasteiger partial charge in [-0.25, -0.2) is 0 Å². The SMILES string of the molecule is Cc1cccc(NC(=O)CSc2nnc(Cc3cccc4ccccc34)n2C)c1. The quantitative estimate of drug-likeness (QED) is 0.479. The molecule has 1 amide bonds. The highest BCUT2D eigenvalue weighted by Crippen LogP contribution is 2.23. The maximum Gasteiger partial charge on any atom is 0.234 e. The Morgan fingerprint density at radius 1 is 1.03 bits per heavy atom. The minimum atomic E-state index is -0.0563. The van der Waals surface area contributed by atoms with E-state index in [0.29, 0.717) is 6.42 Å². The third-order valence-corrected chi connectivity index (χ3v) is 5.81. The van der Waals surface area contributed by atoms with Gasteiger partial charge in [0.2, 0.25) is 5.91 Å². The second-order valence-corrected chi connectivity index (χ2v) is 7.92. The first-order chi connectivity index (χ1) is 14.1. The van der Waals surface area contributed by atoms with Crippen LogP contribution in [0.3, 0.4) is 0 Å². The fourth-order valence-electron chi connectivity index (χ4n) is 3.29. The number of thioether (sulfide) groups is 1. The lowest BCUT2D eigenvalue weighted by molar-refractivity contribution is -0.113. The molecular formula is C23H22N4OS. The van der Waals surface area contributed by atoms with E-state index in [0.717, 1.165) is 22.2 Å². The lowest BCUT2D eigenvalue weighted by Crippen LogP contribution is -2.14. The van der Waals surface area contributed by atoms with E-state index < -0.39 is 0 Å². The number of amides is 1. The summed E-state index contributed by atoms with van der Waals surface area (Å²) < 4.78 is 1.96. The molecule has 0 aliphatic carbocycles. The first-order valence-electron chi connectivity index (χ1n) is 9.44. The highest BCUT2D eigenvalue weighted by Gasteiger charge is 2.13. The summed E-state index contributed by atoms with van der Waals surface area (Å²) >= 11 is 1.39. The van der Waals surface area contributed by atoms with Crippen molar-refractivity contribution in [3.63, 3.8) is 0 Å². The van der Waals surface area contributed by atoms with Crippen LogP contribution >= 0.6 is 11.8 Å². The van der Waals surface area contributed by atoms with Crippen molar-refractivity contribution < 1.29 is 4.79 Å². The standard InChI is InChI=1S/C23H22N4OS/c1-16-7-5-11-19(13-16)24-22(28)15-29-23-26-25-21(27(23)2)14-18-10-6-9-17-8-3-4-12-20(17)18/h3-13H,14-15H2,1-2H3,(H,24,28). The molecule has 1 aromatic heterocycles. The number of anilines is 1. The van der Waals surface area contributed by atoms with Gasteiger partial charge in [0.15, 0.2) is 5.16 Å². The highest BCUT2D eigenvalue weighted by atomic mass is 32.2. The van der Waals surface area contributed by atoms with Crippen molar-refractivity contribution in [3.8, 4) is 0 Å². The van der Waals surface area contributed by atoms with E-state index in [1.807, 2.05) is 48.9 Å². The van der Waals surface area contributed by atoms with Gasteiger partial charge in [-0.2, -0.15) is 0 Å². The lowest BCUT2D eigenvalue weighted by Gasteiger charge is -2.08. The van der Waals surface area contributed by atoms with Gasteiger partial charge < -0.3 is 9.88 Å². The molecular weight excluding hydrogens is 380 g/mol. The Morgan fingerprint density at radius 3 is 2.69 bits per heavy atom. The van der Waals surface area contributed by atoms with Crippen molar-refractivity contribution in [2.45, 2.75) is 18.5 Å². The molecule has 0 unspecified atom stereocenters. The van der Waals surface area contributed by atoms with Crippen molar-refractivity contribution in [1.82, 2.24) is 14.8 Å². The summed E-state index contributed by atoms with van der Waals surface area (Å²) in [6, 6.07) is 22.4. The summed E-state index contributed by atoms with van der Waals surface area (Å²) in [5.74, 6) is 1.11. The van der Waals surface area contributed by atoms with Crippen LogP contribution in [0.5, 0.6) is 0 Å². The molecule has 5 nitrogen and oxygen atoms in total. The van der Waals surface area contributed by atoms with Gasteiger partial charge in [0.1, 0.15) is 5.82 Å². The number of hydrogen-bond acceptors (Lipinski definition) is 4. The number of rotatable bonds is 6. The first kappa shape index (κ1) is 19.2. The number of hydrogen-bond donors (Lipinski definition) is 1. The normalized spacial score (nSPS) is 11.0. The topological polar surface area (TPSA) is 59.8 Å². The van der Waals surface area contributed by atoms with E-state index in [-0.39, 0.29) is 11.7 Å². The minimum Gasteiger partial charge on any atom is -0.325 e. The van der Waals surface area contributed by atoms with E-state index in [2.05, 4.69) is 51.9 Å². The molecule has 3 aromatic carbocycles. The number of carbonyl (C=O) groups is 1. The maximum absolute atomic E-state index is 12.3. The van der Waals surface area contributed by atoms with Crippen molar-refractivity contribution in [2.75, 3.05) is 11.1 Å². The second-order valence-electron chi connectivity index (χ2n) is 6.98. The van der Waals surface area contributed by atoms with Crippen molar-refractivity contribution >= 4 is 34.1 Å². The predicted molar refractivity (Wildman–Crippen MR) is 118 cm³/mol. The summed E-state index contributed by atoms with van der Waals surface area (Å²) in [6.45, 7) is 2.00. The second kappa shape index (κ2) is 8.49. The number of benzene rings is 3. The largest absolute Gasteiger partial charge is 0.325 e. The lowest BCUT2D eigenvalue weighted by atomic mass is 10.0. The number of carbonyl (C=O) groups excluding carboxylic acids is 1. The van der Waals surface area contributed by atoms with Gasteiger partial charge in [0.05, 0.1) is 5.75 Å². The van der Waals surface area contributed by atoms with Gasteiger partial charge in [-0.05, 0) is 41.0 Å². The van der Waals surface area contributed by atoms with Crippen LogP contribution in [0, 0.1) is 6.92 Å². The molecule has 0 spiro atoms. The van der Waals surface area contributed by atoms with Crippen LogP contribution in [-0.4, -0.2) is 26.4 Å². The number of aromatic nitrogens is 3. The third kappa shape index (κ3) is 4.49. The zero-order valence-electron chi connectivity index (χ0n) is 16.4. The summed E-state index contributed by atoms with van der Waals surface area (Å²) in [5.41, 5.74) is 3.14. The van der Waals surface area contributed by atoms with Crippen LogP contribution in [0.4, 0.5) is 5.69 Å². The summed E-state index contributed by atoms with van der Waals surface area (Å²) in [7, 11) is 1.95. The van der Waals surface area contributed by atoms with Crippen LogP contribution < -0.4 is 5.32 Å². The molecule has 0 saturated carbocycles. The average molecular weight is 403 g/mol. The fourth-order valence-corrected chi connectivity index (χ4v) is 4.02. The zero-order chi connectivity index (χ0) is 20.2. The van der Waals surface area contributed by atoms with Gasteiger partial charge in [0, 0.05) is 19.2 Å². The molecule has 0 radical (unpaired) electrons. The van der Waals surface area contributed by atoms with E-state index in [1.54, 1.807) is 0 Å². The smallest absolute Gasteiger partial charge is 0.234 e. The van der Waals surface area contributed by atoms with Gasteiger partial charge >= 0.3 is 0 Å². The van der Waals surface area contributed by atoms with Crippen LogP contribution in [0.1, 0.15) is 17.0 Å². The minimum absolute atomic E-state index is 0.0563. The van der Waals surface area contributed by atoms with Crippen molar-refractivity contribution in [2.24, 2.45) is 7.05 Å². The number of aryl methyl sites for hydroxylation is 1.